The second-order valence-electron chi connectivity index (χ2n) is 7.04. The first-order valence-corrected chi connectivity index (χ1v) is 9.31. The van der Waals surface area contributed by atoms with Crippen molar-refractivity contribution in [3.8, 4) is 0 Å². The Morgan fingerprint density at radius 1 is 1.11 bits per heavy atom. The molecule has 0 radical (unpaired) electrons. The van der Waals surface area contributed by atoms with Gasteiger partial charge in [0.2, 0.25) is 5.91 Å². The van der Waals surface area contributed by atoms with E-state index in [1.54, 1.807) is 6.20 Å². The Kier molecular flexibility index (Phi) is 5.03. The van der Waals surface area contributed by atoms with Crippen LogP contribution in [0.25, 0.3) is 0 Å². The fraction of sp³-hybridized carbons (Fsp3) is 0.273. The third-order valence-electron chi connectivity index (χ3n) is 5.13. The summed E-state index contributed by atoms with van der Waals surface area (Å²) >= 11 is 0. The molecule has 0 saturated carbocycles. The second kappa shape index (κ2) is 7.76. The van der Waals surface area contributed by atoms with Gasteiger partial charge in [-0.15, -0.1) is 0 Å². The number of amides is 1. The molecule has 2 aromatic carbocycles. The van der Waals surface area contributed by atoms with Gasteiger partial charge in [0.1, 0.15) is 11.9 Å². The van der Waals surface area contributed by atoms with E-state index in [1.807, 2.05) is 48.1 Å². The largest absolute Gasteiger partial charge is 0.341 e. The van der Waals surface area contributed by atoms with E-state index in [1.165, 1.54) is 11.1 Å². The first-order valence-electron chi connectivity index (χ1n) is 9.31. The van der Waals surface area contributed by atoms with Crippen LogP contribution >= 0.6 is 0 Å². The molecule has 4 rings (SSSR count). The number of fused-ring (bicyclic) bond motifs is 1. The van der Waals surface area contributed by atoms with Crippen LogP contribution in [0.5, 0.6) is 0 Å². The number of nitrogens with one attached hydrogen (secondary N) is 1. The van der Waals surface area contributed by atoms with Crippen molar-refractivity contribution in [1.82, 2.24) is 19.8 Å². The standard InChI is InChI=1S/C22H24N4O/c1-25-14-12-23-22(25)21(18-8-3-2-4-9-18)24-20(27)16-26-13-11-17-7-5-6-10-19(17)15-26/h2-10,12,14,21H,11,13,15-16H2,1H3,(H,24,27). The highest BCUT2D eigenvalue weighted by molar-refractivity contribution is 5.79. The normalized spacial score (nSPS) is 15.1. The number of aromatic nitrogens is 2. The van der Waals surface area contributed by atoms with Crippen molar-refractivity contribution >= 4 is 5.91 Å². The van der Waals surface area contributed by atoms with E-state index in [9.17, 15) is 4.79 Å². The Morgan fingerprint density at radius 2 is 1.85 bits per heavy atom. The lowest BCUT2D eigenvalue weighted by Gasteiger charge is -2.29. The van der Waals surface area contributed by atoms with E-state index in [2.05, 4.69) is 39.5 Å². The molecule has 1 N–H and O–H groups in total. The lowest BCUT2D eigenvalue weighted by Crippen LogP contribution is -2.41. The highest BCUT2D eigenvalue weighted by Crippen LogP contribution is 2.21. The van der Waals surface area contributed by atoms with Crippen LogP contribution < -0.4 is 5.32 Å². The fourth-order valence-electron chi connectivity index (χ4n) is 3.70. The predicted molar refractivity (Wildman–Crippen MR) is 105 cm³/mol. The Bertz CT molecular complexity index is 919. The number of benzene rings is 2. The summed E-state index contributed by atoms with van der Waals surface area (Å²) in [4.78, 5) is 19.5. The number of aryl methyl sites for hydroxylation is 1. The maximum atomic E-state index is 12.8. The van der Waals surface area contributed by atoms with Gasteiger partial charge in [0.25, 0.3) is 0 Å². The number of carbonyl (C=O) groups excluding carboxylic acids is 1. The van der Waals surface area contributed by atoms with Crippen molar-refractivity contribution < 1.29 is 4.79 Å². The van der Waals surface area contributed by atoms with Crippen LogP contribution in [0, 0.1) is 0 Å². The van der Waals surface area contributed by atoms with Gasteiger partial charge in [0.05, 0.1) is 6.54 Å². The maximum Gasteiger partial charge on any atom is 0.235 e. The summed E-state index contributed by atoms with van der Waals surface area (Å²) in [6.07, 6.45) is 4.66. The molecule has 138 valence electrons. The van der Waals surface area contributed by atoms with E-state index >= 15 is 0 Å². The summed E-state index contributed by atoms with van der Waals surface area (Å²) in [5.74, 6) is 0.852. The molecular formula is C22H24N4O. The number of nitrogens with zero attached hydrogens (tertiary/aromatic N) is 3. The molecule has 1 unspecified atom stereocenters. The fourth-order valence-corrected chi connectivity index (χ4v) is 3.70. The molecule has 0 fully saturated rings. The van der Waals surface area contributed by atoms with Gasteiger partial charge in [-0.3, -0.25) is 9.69 Å². The van der Waals surface area contributed by atoms with Crippen LogP contribution in [0.3, 0.4) is 0 Å². The monoisotopic (exact) mass is 360 g/mol. The van der Waals surface area contributed by atoms with Gasteiger partial charge in [0, 0.05) is 32.5 Å². The van der Waals surface area contributed by atoms with Crippen molar-refractivity contribution in [2.75, 3.05) is 13.1 Å². The lowest BCUT2D eigenvalue weighted by molar-refractivity contribution is -0.123. The minimum atomic E-state index is -0.254. The molecule has 5 heteroatoms. The third kappa shape index (κ3) is 3.93. The second-order valence-corrected chi connectivity index (χ2v) is 7.04. The smallest absolute Gasteiger partial charge is 0.235 e. The van der Waals surface area contributed by atoms with Gasteiger partial charge < -0.3 is 9.88 Å². The first kappa shape index (κ1) is 17.5. The molecule has 0 spiro atoms. The Balaban J connectivity index is 1.47. The van der Waals surface area contributed by atoms with Crippen LogP contribution in [0.1, 0.15) is 28.6 Å². The quantitative estimate of drug-likeness (QED) is 0.761. The van der Waals surface area contributed by atoms with Gasteiger partial charge in [-0.05, 0) is 23.1 Å². The van der Waals surface area contributed by atoms with E-state index in [-0.39, 0.29) is 11.9 Å². The van der Waals surface area contributed by atoms with Gasteiger partial charge in [-0.1, -0.05) is 54.6 Å². The summed E-state index contributed by atoms with van der Waals surface area (Å²) in [7, 11) is 1.95. The summed E-state index contributed by atoms with van der Waals surface area (Å²) in [5.41, 5.74) is 3.74. The zero-order valence-electron chi connectivity index (χ0n) is 15.5. The van der Waals surface area contributed by atoms with Gasteiger partial charge in [-0.2, -0.15) is 0 Å². The molecular weight excluding hydrogens is 336 g/mol. The Hall–Kier alpha value is -2.92. The maximum absolute atomic E-state index is 12.8. The number of imidazole rings is 1. The third-order valence-corrected chi connectivity index (χ3v) is 5.13. The number of carbonyl (C=O) groups is 1. The summed E-state index contributed by atoms with van der Waals surface area (Å²) < 4.78 is 1.95. The lowest BCUT2D eigenvalue weighted by atomic mass is 10.00. The van der Waals surface area contributed by atoms with Crippen LogP contribution in [0.4, 0.5) is 0 Å². The minimum absolute atomic E-state index is 0.0197. The van der Waals surface area contributed by atoms with Crippen LogP contribution in [-0.4, -0.2) is 33.4 Å². The number of rotatable bonds is 5. The molecule has 1 aromatic heterocycles. The highest BCUT2D eigenvalue weighted by Gasteiger charge is 2.23. The van der Waals surface area contributed by atoms with E-state index < -0.39 is 0 Å². The van der Waals surface area contributed by atoms with Crippen molar-refractivity contribution in [3.05, 3.63) is 89.5 Å². The van der Waals surface area contributed by atoms with Crippen molar-refractivity contribution in [2.45, 2.75) is 19.0 Å². The van der Waals surface area contributed by atoms with E-state index in [0.29, 0.717) is 6.54 Å². The van der Waals surface area contributed by atoms with Crippen LogP contribution in [0.2, 0.25) is 0 Å². The molecule has 1 aliphatic rings. The molecule has 5 nitrogen and oxygen atoms in total. The molecule has 3 aromatic rings. The molecule has 0 saturated heterocycles. The molecule has 1 atom stereocenters. The average Bonchev–Trinajstić information content (AvgIpc) is 3.12. The van der Waals surface area contributed by atoms with Gasteiger partial charge >= 0.3 is 0 Å². The molecule has 0 aliphatic carbocycles. The van der Waals surface area contributed by atoms with Crippen LogP contribution in [-0.2, 0) is 24.8 Å². The summed E-state index contributed by atoms with van der Waals surface area (Å²) in [6, 6.07) is 18.2. The molecule has 27 heavy (non-hydrogen) atoms. The SMILES string of the molecule is Cn1ccnc1C(NC(=O)CN1CCc2ccccc2C1)c1ccccc1. The zero-order chi connectivity index (χ0) is 18.6. The molecule has 1 amide bonds. The summed E-state index contributed by atoms with van der Waals surface area (Å²) in [6.45, 7) is 2.12. The highest BCUT2D eigenvalue weighted by atomic mass is 16.2. The van der Waals surface area contributed by atoms with Crippen molar-refractivity contribution in [3.63, 3.8) is 0 Å². The van der Waals surface area contributed by atoms with Gasteiger partial charge in [0.15, 0.2) is 0 Å². The van der Waals surface area contributed by atoms with Crippen molar-refractivity contribution in [1.29, 1.82) is 0 Å². The Labute approximate surface area is 159 Å². The van der Waals surface area contributed by atoms with E-state index in [0.717, 1.165) is 30.9 Å². The predicted octanol–water partition coefficient (Wildman–Crippen LogP) is 2.68. The zero-order valence-corrected chi connectivity index (χ0v) is 15.5. The van der Waals surface area contributed by atoms with Crippen LogP contribution in [0.15, 0.2) is 67.0 Å². The molecule has 2 heterocycles. The number of hydrogen-bond acceptors (Lipinski definition) is 3. The molecule has 1 aliphatic heterocycles. The van der Waals surface area contributed by atoms with Crippen molar-refractivity contribution in [2.24, 2.45) is 7.05 Å². The minimum Gasteiger partial charge on any atom is -0.341 e. The molecule has 0 bridgehead atoms. The first-order chi connectivity index (χ1) is 13.2. The van der Waals surface area contributed by atoms with Gasteiger partial charge in [-0.25, -0.2) is 4.98 Å². The number of hydrogen-bond donors (Lipinski definition) is 1. The average molecular weight is 360 g/mol. The topological polar surface area (TPSA) is 50.2 Å². The van der Waals surface area contributed by atoms with E-state index in [4.69, 9.17) is 0 Å². The Morgan fingerprint density at radius 3 is 2.59 bits per heavy atom. The summed E-state index contributed by atoms with van der Waals surface area (Å²) in [5, 5.41) is 3.18.